The Hall–Kier alpha value is -0.890. The summed E-state index contributed by atoms with van der Waals surface area (Å²) in [6.45, 7) is 2.08. The summed E-state index contributed by atoms with van der Waals surface area (Å²) >= 11 is 0. The number of nitrogens with one attached hydrogen (secondary N) is 1. The van der Waals surface area contributed by atoms with Crippen LogP contribution in [0.3, 0.4) is 0 Å². The van der Waals surface area contributed by atoms with E-state index >= 15 is 0 Å². The Labute approximate surface area is 123 Å². The molecule has 0 amide bonds. The number of hydrogen-bond donors (Lipinski definition) is 1. The monoisotopic (exact) mass is 277 g/mol. The molecule has 1 nitrogen and oxygen atoms in total. The van der Waals surface area contributed by atoms with Crippen molar-refractivity contribution in [2.75, 3.05) is 7.05 Å². The third kappa shape index (κ3) is 4.59. The molecule has 0 aromatic heterocycles. The van der Waals surface area contributed by atoms with Crippen molar-refractivity contribution in [1.82, 2.24) is 5.32 Å². The summed E-state index contributed by atoms with van der Waals surface area (Å²) in [6.07, 6.45) is 10.5. The van der Waals surface area contributed by atoms with Gasteiger partial charge < -0.3 is 5.32 Å². The fourth-order valence-corrected chi connectivity index (χ4v) is 3.43. The predicted octanol–water partition coefficient (Wildman–Crippen LogP) is 4.63. The SMILES string of the molecule is CNC(Cc1cc(F)ccc1C)CC1CCCCCC1. The molecule has 2 rings (SSSR count). The van der Waals surface area contributed by atoms with Gasteiger partial charge in [-0.15, -0.1) is 0 Å². The zero-order valence-electron chi connectivity index (χ0n) is 12.9. The Kier molecular flexibility index (Phi) is 6.03. The number of aryl methyl sites for hydroxylation is 1. The van der Waals surface area contributed by atoms with Crippen LogP contribution >= 0.6 is 0 Å². The lowest BCUT2D eigenvalue weighted by Gasteiger charge is -2.23. The maximum absolute atomic E-state index is 13.4. The Morgan fingerprint density at radius 3 is 2.55 bits per heavy atom. The third-order valence-corrected chi connectivity index (χ3v) is 4.78. The van der Waals surface area contributed by atoms with Crippen molar-refractivity contribution in [1.29, 1.82) is 0 Å². The molecule has 0 heterocycles. The van der Waals surface area contributed by atoms with Crippen LogP contribution in [0.1, 0.15) is 56.1 Å². The van der Waals surface area contributed by atoms with E-state index in [9.17, 15) is 4.39 Å². The molecular weight excluding hydrogens is 249 g/mol. The van der Waals surface area contributed by atoms with Gasteiger partial charge in [0.15, 0.2) is 0 Å². The van der Waals surface area contributed by atoms with Gasteiger partial charge in [-0.2, -0.15) is 0 Å². The quantitative estimate of drug-likeness (QED) is 0.774. The molecule has 20 heavy (non-hydrogen) atoms. The van der Waals surface area contributed by atoms with Gasteiger partial charge in [-0.3, -0.25) is 0 Å². The lowest BCUT2D eigenvalue weighted by molar-refractivity contribution is 0.361. The van der Waals surface area contributed by atoms with E-state index in [0.717, 1.165) is 17.9 Å². The first-order valence-corrected chi connectivity index (χ1v) is 8.11. The minimum atomic E-state index is -0.116. The van der Waals surface area contributed by atoms with Gasteiger partial charge in [0, 0.05) is 6.04 Å². The van der Waals surface area contributed by atoms with Gasteiger partial charge in [-0.05, 0) is 56.0 Å². The van der Waals surface area contributed by atoms with Gasteiger partial charge in [-0.1, -0.05) is 44.6 Å². The predicted molar refractivity (Wildman–Crippen MR) is 83.5 cm³/mol. The van der Waals surface area contributed by atoms with Gasteiger partial charge in [0.1, 0.15) is 5.82 Å². The van der Waals surface area contributed by atoms with E-state index in [1.165, 1.54) is 50.5 Å². The molecule has 1 aromatic carbocycles. The van der Waals surface area contributed by atoms with Crippen LogP contribution in [0.4, 0.5) is 4.39 Å². The Morgan fingerprint density at radius 2 is 1.90 bits per heavy atom. The highest BCUT2D eigenvalue weighted by Crippen LogP contribution is 2.27. The molecule has 1 aliphatic rings. The molecular formula is C18H28FN. The highest BCUT2D eigenvalue weighted by Gasteiger charge is 2.18. The number of hydrogen-bond acceptors (Lipinski definition) is 1. The number of likely N-dealkylation sites (N-methyl/N-ethyl adjacent to an activating group) is 1. The van der Waals surface area contributed by atoms with Crippen LogP contribution in [0.2, 0.25) is 0 Å². The molecule has 1 aromatic rings. The second kappa shape index (κ2) is 7.78. The van der Waals surface area contributed by atoms with Crippen molar-refractivity contribution in [2.24, 2.45) is 5.92 Å². The summed E-state index contributed by atoms with van der Waals surface area (Å²) in [4.78, 5) is 0. The van der Waals surface area contributed by atoms with Gasteiger partial charge in [0.05, 0.1) is 0 Å². The standard InChI is InChI=1S/C18H28FN/c1-14-9-10-17(19)12-16(14)13-18(20-2)11-15-7-5-3-4-6-8-15/h9-10,12,15,18,20H,3-8,11,13H2,1-2H3. The van der Waals surface area contributed by atoms with E-state index in [1.807, 2.05) is 13.1 Å². The minimum absolute atomic E-state index is 0.116. The molecule has 2 heteroatoms. The van der Waals surface area contributed by atoms with Crippen LogP contribution in [0.25, 0.3) is 0 Å². The van der Waals surface area contributed by atoms with Crippen molar-refractivity contribution >= 4 is 0 Å². The van der Waals surface area contributed by atoms with Crippen molar-refractivity contribution in [3.63, 3.8) is 0 Å². The Balaban J connectivity index is 1.95. The summed E-state index contributed by atoms with van der Waals surface area (Å²) < 4.78 is 13.4. The first-order chi connectivity index (χ1) is 9.69. The molecule has 1 unspecified atom stereocenters. The molecule has 0 saturated heterocycles. The first kappa shape index (κ1) is 15.5. The van der Waals surface area contributed by atoms with Gasteiger partial charge in [0.25, 0.3) is 0 Å². The van der Waals surface area contributed by atoms with E-state index in [4.69, 9.17) is 0 Å². The van der Waals surface area contributed by atoms with Crippen LogP contribution < -0.4 is 5.32 Å². The Bertz CT molecular complexity index is 408. The summed E-state index contributed by atoms with van der Waals surface area (Å²) in [5.41, 5.74) is 2.35. The smallest absolute Gasteiger partial charge is 0.123 e. The number of rotatable bonds is 5. The van der Waals surface area contributed by atoms with Crippen molar-refractivity contribution in [2.45, 2.75) is 64.3 Å². The molecule has 112 valence electrons. The number of benzene rings is 1. The topological polar surface area (TPSA) is 12.0 Å². The maximum Gasteiger partial charge on any atom is 0.123 e. The zero-order chi connectivity index (χ0) is 14.4. The largest absolute Gasteiger partial charge is 0.317 e. The second-order valence-corrected chi connectivity index (χ2v) is 6.35. The van der Waals surface area contributed by atoms with Crippen LogP contribution in [-0.4, -0.2) is 13.1 Å². The normalized spacial score (nSPS) is 18.8. The zero-order valence-corrected chi connectivity index (χ0v) is 12.9. The van der Waals surface area contributed by atoms with Crippen LogP contribution in [0.15, 0.2) is 18.2 Å². The minimum Gasteiger partial charge on any atom is -0.317 e. The first-order valence-electron chi connectivity index (χ1n) is 8.11. The summed E-state index contributed by atoms with van der Waals surface area (Å²) in [5.74, 6) is 0.735. The fourth-order valence-electron chi connectivity index (χ4n) is 3.43. The molecule has 0 radical (unpaired) electrons. The molecule has 1 aliphatic carbocycles. The molecule has 0 aliphatic heterocycles. The average molecular weight is 277 g/mol. The third-order valence-electron chi connectivity index (χ3n) is 4.78. The van der Waals surface area contributed by atoms with Gasteiger partial charge in [-0.25, -0.2) is 4.39 Å². The molecule has 1 saturated carbocycles. The van der Waals surface area contributed by atoms with Gasteiger partial charge >= 0.3 is 0 Å². The second-order valence-electron chi connectivity index (χ2n) is 6.35. The van der Waals surface area contributed by atoms with Crippen LogP contribution in [0.5, 0.6) is 0 Å². The molecule has 0 bridgehead atoms. The average Bonchev–Trinajstić information content (AvgIpc) is 2.70. The highest BCUT2D eigenvalue weighted by atomic mass is 19.1. The molecule has 1 atom stereocenters. The Morgan fingerprint density at radius 1 is 1.20 bits per heavy atom. The van der Waals surface area contributed by atoms with E-state index in [0.29, 0.717) is 6.04 Å². The maximum atomic E-state index is 13.4. The lowest BCUT2D eigenvalue weighted by Crippen LogP contribution is -2.30. The van der Waals surface area contributed by atoms with E-state index < -0.39 is 0 Å². The molecule has 0 spiro atoms. The van der Waals surface area contributed by atoms with Crippen LogP contribution in [0, 0.1) is 18.7 Å². The van der Waals surface area contributed by atoms with E-state index in [-0.39, 0.29) is 5.82 Å². The summed E-state index contributed by atoms with van der Waals surface area (Å²) in [6, 6.07) is 5.62. The fraction of sp³-hybridized carbons (Fsp3) is 0.667. The molecule has 1 fully saturated rings. The van der Waals surface area contributed by atoms with Crippen LogP contribution in [-0.2, 0) is 6.42 Å². The van der Waals surface area contributed by atoms with Crippen molar-refractivity contribution in [3.05, 3.63) is 35.1 Å². The summed E-state index contributed by atoms with van der Waals surface area (Å²) in [5, 5.41) is 3.44. The highest BCUT2D eigenvalue weighted by molar-refractivity contribution is 5.27. The van der Waals surface area contributed by atoms with Crippen molar-refractivity contribution < 1.29 is 4.39 Å². The van der Waals surface area contributed by atoms with Gasteiger partial charge in [0.2, 0.25) is 0 Å². The molecule has 1 N–H and O–H groups in total. The van der Waals surface area contributed by atoms with E-state index in [1.54, 1.807) is 12.1 Å². The van der Waals surface area contributed by atoms with E-state index in [2.05, 4.69) is 12.2 Å². The summed E-state index contributed by atoms with van der Waals surface area (Å²) in [7, 11) is 2.04. The van der Waals surface area contributed by atoms with Crippen molar-refractivity contribution in [3.8, 4) is 0 Å². The number of halogens is 1. The lowest BCUT2D eigenvalue weighted by atomic mass is 9.89.